The quantitative estimate of drug-likeness (QED) is 0.842. The Hall–Kier alpha value is -1.28. The van der Waals surface area contributed by atoms with Gasteiger partial charge >= 0.3 is 0 Å². The predicted octanol–water partition coefficient (Wildman–Crippen LogP) is 4.99. The van der Waals surface area contributed by atoms with Gasteiger partial charge in [-0.25, -0.2) is 0 Å². The minimum absolute atomic E-state index is 0.838. The van der Waals surface area contributed by atoms with Crippen LogP contribution < -0.4 is 5.32 Å². The highest BCUT2D eigenvalue weighted by Crippen LogP contribution is 2.21. The van der Waals surface area contributed by atoms with Crippen LogP contribution in [-0.4, -0.2) is 0 Å². The molecule has 0 aliphatic rings. The Morgan fingerprint density at radius 1 is 0.944 bits per heavy atom. The van der Waals surface area contributed by atoms with Gasteiger partial charge in [0.15, 0.2) is 0 Å². The van der Waals surface area contributed by atoms with E-state index in [2.05, 4.69) is 78.4 Å². The van der Waals surface area contributed by atoms with E-state index in [-0.39, 0.29) is 0 Å². The first-order valence-corrected chi connectivity index (χ1v) is 6.92. The van der Waals surface area contributed by atoms with Crippen LogP contribution in [0.1, 0.15) is 22.3 Å². The average molecular weight is 304 g/mol. The highest BCUT2D eigenvalue weighted by molar-refractivity contribution is 9.10. The predicted molar refractivity (Wildman–Crippen MR) is 82.1 cm³/mol. The van der Waals surface area contributed by atoms with Gasteiger partial charge in [-0.05, 0) is 55.2 Å². The molecule has 94 valence electrons. The molecular weight excluding hydrogens is 286 g/mol. The first-order chi connectivity index (χ1) is 8.56. The Kier molecular flexibility index (Phi) is 4.07. The Morgan fingerprint density at radius 2 is 1.61 bits per heavy atom. The molecule has 0 saturated carbocycles. The van der Waals surface area contributed by atoms with Gasteiger partial charge in [0.25, 0.3) is 0 Å². The summed E-state index contributed by atoms with van der Waals surface area (Å²) >= 11 is 3.61. The molecule has 0 bridgehead atoms. The zero-order valence-corrected chi connectivity index (χ0v) is 12.6. The third-order valence-corrected chi connectivity index (χ3v) is 3.81. The Bertz CT molecular complexity index is 561. The van der Waals surface area contributed by atoms with Crippen LogP contribution in [0.2, 0.25) is 0 Å². The number of benzene rings is 2. The normalized spacial score (nSPS) is 10.4. The molecule has 0 aromatic heterocycles. The van der Waals surface area contributed by atoms with Crippen molar-refractivity contribution in [1.29, 1.82) is 0 Å². The maximum Gasteiger partial charge on any atom is 0.0412 e. The Morgan fingerprint density at radius 3 is 2.33 bits per heavy atom. The van der Waals surface area contributed by atoms with Gasteiger partial charge in [0.05, 0.1) is 0 Å². The van der Waals surface area contributed by atoms with E-state index in [4.69, 9.17) is 0 Å². The second-order valence-corrected chi connectivity index (χ2v) is 5.62. The molecule has 0 aliphatic heterocycles. The van der Waals surface area contributed by atoms with Crippen molar-refractivity contribution in [1.82, 2.24) is 0 Å². The molecule has 0 aliphatic carbocycles. The monoisotopic (exact) mass is 303 g/mol. The summed E-state index contributed by atoms with van der Waals surface area (Å²) < 4.78 is 1.17. The fourth-order valence-corrected chi connectivity index (χ4v) is 2.55. The third kappa shape index (κ3) is 3.14. The van der Waals surface area contributed by atoms with Crippen LogP contribution in [0.5, 0.6) is 0 Å². The van der Waals surface area contributed by atoms with Crippen molar-refractivity contribution in [3.05, 3.63) is 63.1 Å². The van der Waals surface area contributed by atoms with Crippen molar-refractivity contribution in [2.24, 2.45) is 0 Å². The van der Waals surface area contributed by atoms with E-state index in [0.717, 1.165) is 6.54 Å². The van der Waals surface area contributed by atoms with Crippen molar-refractivity contribution < 1.29 is 0 Å². The highest BCUT2D eigenvalue weighted by atomic mass is 79.9. The number of hydrogen-bond donors (Lipinski definition) is 1. The zero-order chi connectivity index (χ0) is 13.1. The van der Waals surface area contributed by atoms with E-state index < -0.39 is 0 Å². The molecule has 0 unspecified atom stereocenters. The number of nitrogens with one attached hydrogen (secondary N) is 1. The molecule has 18 heavy (non-hydrogen) atoms. The van der Waals surface area contributed by atoms with E-state index in [1.54, 1.807) is 0 Å². The van der Waals surface area contributed by atoms with Gasteiger partial charge in [-0.15, -0.1) is 0 Å². The van der Waals surface area contributed by atoms with Crippen LogP contribution in [0.3, 0.4) is 0 Å². The lowest BCUT2D eigenvalue weighted by molar-refractivity contribution is 1.12. The molecule has 2 rings (SSSR count). The minimum atomic E-state index is 0.838. The zero-order valence-electron chi connectivity index (χ0n) is 11.0. The molecule has 2 aromatic carbocycles. The van der Waals surface area contributed by atoms with Gasteiger partial charge in [0.1, 0.15) is 0 Å². The SMILES string of the molecule is Cc1ccc(CNc2cc(C)ccc2C)c(Br)c1. The lowest BCUT2D eigenvalue weighted by Crippen LogP contribution is -2.02. The largest absolute Gasteiger partial charge is 0.381 e. The maximum absolute atomic E-state index is 3.61. The van der Waals surface area contributed by atoms with Crippen LogP contribution in [0.4, 0.5) is 5.69 Å². The van der Waals surface area contributed by atoms with Gasteiger partial charge in [-0.1, -0.05) is 40.2 Å². The summed E-state index contributed by atoms with van der Waals surface area (Å²) in [5.74, 6) is 0. The van der Waals surface area contributed by atoms with Crippen molar-refractivity contribution in [2.45, 2.75) is 27.3 Å². The molecule has 1 nitrogen and oxygen atoms in total. The molecule has 0 heterocycles. The van der Waals surface area contributed by atoms with Gasteiger partial charge in [0.2, 0.25) is 0 Å². The van der Waals surface area contributed by atoms with Gasteiger partial charge in [-0.2, -0.15) is 0 Å². The molecule has 1 N–H and O–H groups in total. The summed E-state index contributed by atoms with van der Waals surface area (Å²) in [5.41, 5.74) is 6.33. The third-order valence-electron chi connectivity index (χ3n) is 3.07. The maximum atomic E-state index is 3.61. The van der Waals surface area contributed by atoms with Crippen LogP contribution in [0, 0.1) is 20.8 Å². The summed E-state index contributed by atoms with van der Waals surface area (Å²) in [6.45, 7) is 7.19. The van der Waals surface area contributed by atoms with Crippen LogP contribution in [0.15, 0.2) is 40.9 Å². The lowest BCUT2D eigenvalue weighted by Gasteiger charge is -2.12. The molecule has 0 radical (unpaired) electrons. The molecule has 0 fully saturated rings. The Balaban J connectivity index is 2.13. The number of aryl methyl sites for hydroxylation is 3. The number of rotatable bonds is 3. The van der Waals surface area contributed by atoms with Gasteiger partial charge in [-0.3, -0.25) is 0 Å². The second kappa shape index (κ2) is 5.57. The topological polar surface area (TPSA) is 12.0 Å². The fraction of sp³-hybridized carbons (Fsp3) is 0.250. The summed E-state index contributed by atoms with van der Waals surface area (Å²) in [4.78, 5) is 0. The van der Waals surface area contributed by atoms with Crippen LogP contribution in [-0.2, 0) is 6.54 Å². The Labute approximate surface area is 117 Å². The standard InChI is InChI=1S/C16H18BrN/c1-11-5-7-14(15(17)8-11)10-18-16-9-12(2)4-6-13(16)3/h4-9,18H,10H2,1-3H3. The molecule has 0 amide bonds. The van der Waals surface area contributed by atoms with Gasteiger partial charge < -0.3 is 5.32 Å². The molecular formula is C16H18BrN. The van der Waals surface area contributed by atoms with Gasteiger partial charge in [0, 0.05) is 16.7 Å². The molecule has 0 spiro atoms. The van der Waals surface area contributed by atoms with E-state index in [1.807, 2.05) is 0 Å². The van der Waals surface area contributed by atoms with E-state index in [9.17, 15) is 0 Å². The van der Waals surface area contributed by atoms with E-state index in [0.29, 0.717) is 0 Å². The molecule has 0 saturated heterocycles. The first-order valence-electron chi connectivity index (χ1n) is 6.12. The average Bonchev–Trinajstić information content (AvgIpc) is 2.32. The lowest BCUT2D eigenvalue weighted by atomic mass is 10.1. The number of anilines is 1. The van der Waals surface area contributed by atoms with Crippen LogP contribution >= 0.6 is 15.9 Å². The molecule has 0 atom stereocenters. The van der Waals surface area contributed by atoms with Crippen LogP contribution in [0.25, 0.3) is 0 Å². The highest BCUT2D eigenvalue weighted by Gasteiger charge is 2.02. The minimum Gasteiger partial charge on any atom is -0.381 e. The van der Waals surface area contributed by atoms with E-state index in [1.165, 1.54) is 32.4 Å². The summed E-state index contributed by atoms with van der Waals surface area (Å²) in [5, 5.41) is 3.50. The van der Waals surface area contributed by atoms with Crippen molar-refractivity contribution in [2.75, 3.05) is 5.32 Å². The molecule has 2 heteroatoms. The first kappa shape index (κ1) is 13.2. The second-order valence-electron chi connectivity index (χ2n) is 4.77. The molecule has 2 aromatic rings. The van der Waals surface area contributed by atoms with Crippen molar-refractivity contribution >= 4 is 21.6 Å². The van der Waals surface area contributed by atoms with Crippen molar-refractivity contribution in [3.63, 3.8) is 0 Å². The summed E-state index contributed by atoms with van der Waals surface area (Å²) in [6.07, 6.45) is 0. The summed E-state index contributed by atoms with van der Waals surface area (Å²) in [7, 11) is 0. The fourth-order valence-electron chi connectivity index (χ4n) is 1.91. The van der Waals surface area contributed by atoms with Crippen molar-refractivity contribution in [3.8, 4) is 0 Å². The number of halogens is 1. The number of hydrogen-bond acceptors (Lipinski definition) is 1. The smallest absolute Gasteiger partial charge is 0.0412 e. The summed E-state index contributed by atoms with van der Waals surface area (Å²) in [6, 6.07) is 12.9. The van der Waals surface area contributed by atoms with E-state index >= 15 is 0 Å².